The first-order valence-corrected chi connectivity index (χ1v) is 5.22. The van der Waals surface area contributed by atoms with Crippen LogP contribution in [-0.4, -0.2) is 24.9 Å². The molecule has 0 aliphatic carbocycles. The van der Waals surface area contributed by atoms with E-state index in [1.54, 1.807) is 6.07 Å². The van der Waals surface area contributed by atoms with Crippen LogP contribution < -0.4 is 5.32 Å². The van der Waals surface area contributed by atoms with Crippen LogP contribution >= 0.6 is 0 Å². The Morgan fingerprint density at radius 2 is 2.29 bits per heavy atom. The number of hydrogen-bond donors (Lipinski definition) is 2. The molecule has 0 atom stereocenters. The summed E-state index contributed by atoms with van der Waals surface area (Å²) in [4.78, 5) is 11.1. The third kappa shape index (κ3) is 4.17. The van der Waals surface area contributed by atoms with Crippen LogP contribution in [0.4, 0.5) is 10.5 Å². The van der Waals surface area contributed by atoms with Crippen LogP contribution in [0.2, 0.25) is 0 Å². The van der Waals surface area contributed by atoms with Crippen molar-refractivity contribution >= 4 is 11.8 Å². The molecule has 0 aromatic heterocycles. The molecule has 0 aliphatic heterocycles. The van der Waals surface area contributed by atoms with Gasteiger partial charge in [0.1, 0.15) is 0 Å². The van der Waals surface area contributed by atoms with E-state index in [0.717, 1.165) is 11.1 Å². The number of aryl methyl sites for hydroxylation is 1. The fourth-order valence-electron chi connectivity index (χ4n) is 1.22. The SMILES string of the molecule is COC(=O)Nc1cc(C#CCCO)ccc1C. The minimum atomic E-state index is -0.506. The lowest BCUT2D eigenvalue weighted by molar-refractivity contribution is 0.187. The van der Waals surface area contributed by atoms with Crippen molar-refractivity contribution in [2.45, 2.75) is 13.3 Å². The molecule has 4 nitrogen and oxygen atoms in total. The Labute approximate surface area is 101 Å². The second-order valence-electron chi connectivity index (χ2n) is 3.42. The van der Waals surface area contributed by atoms with E-state index in [9.17, 15) is 4.79 Å². The molecule has 0 heterocycles. The molecular formula is C13H15NO3. The van der Waals surface area contributed by atoms with E-state index >= 15 is 0 Å². The number of ether oxygens (including phenoxy) is 1. The maximum absolute atomic E-state index is 11.1. The van der Waals surface area contributed by atoms with Crippen LogP contribution in [0.3, 0.4) is 0 Å². The number of amides is 1. The molecule has 1 aromatic rings. The highest BCUT2D eigenvalue weighted by molar-refractivity contribution is 5.85. The summed E-state index contributed by atoms with van der Waals surface area (Å²) in [5.41, 5.74) is 2.39. The Balaban J connectivity index is 2.87. The number of carbonyl (C=O) groups is 1. The van der Waals surface area contributed by atoms with E-state index in [-0.39, 0.29) is 6.61 Å². The molecule has 90 valence electrons. The van der Waals surface area contributed by atoms with Crippen molar-refractivity contribution in [2.75, 3.05) is 19.0 Å². The number of rotatable bonds is 2. The number of nitrogens with one attached hydrogen (secondary N) is 1. The number of aliphatic hydroxyl groups is 1. The second-order valence-corrected chi connectivity index (χ2v) is 3.42. The molecule has 0 spiro atoms. The first-order valence-electron chi connectivity index (χ1n) is 5.22. The number of hydrogen-bond acceptors (Lipinski definition) is 3. The van der Waals surface area contributed by atoms with Gasteiger partial charge >= 0.3 is 6.09 Å². The van der Waals surface area contributed by atoms with Crippen LogP contribution in [-0.2, 0) is 4.74 Å². The lowest BCUT2D eigenvalue weighted by Crippen LogP contribution is -2.11. The van der Waals surface area contributed by atoms with E-state index in [0.29, 0.717) is 12.1 Å². The number of aliphatic hydroxyl groups excluding tert-OH is 1. The van der Waals surface area contributed by atoms with Gasteiger partial charge in [-0.3, -0.25) is 5.32 Å². The Morgan fingerprint density at radius 3 is 2.94 bits per heavy atom. The minimum Gasteiger partial charge on any atom is -0.453 e. The van der Waals surface area contributed by atoms with Gasteiger partial charge < -0.3 is 9.84 Å². The Hall–Kier alpha value is -1.99. The van der Waals surface area contributed by atoms with Gasteiger partial charge in [0.05, 0.1) is 13.7 Å². The van der Waals surface area contributed by atoms with E-state index < -0.39 is 6.09 Å². The summed E-state index contributed by atoms with van der Waals surface area (Å²) >= 11 is 0. The van der Waals surface area contributed by atoms with Crippen LogP contribution in [0.15, 0.2) is 18.2 Å². The Morgan fingerprint density at radius 1 is 1.53 bits per heavy atom. The van der Waals surface area contributed by atoms with Gasteiger partial charge in [0.25, 0.3) is 0 Å². The fourth-order valence-corrected chi connectivity index (χ4v) is 1.22. The second kappa shape index (κ2) is 6.56. The first-order chi connectivity index (χ1) is 8.17. The van der Waals surface area contributed by atoms with E-state index in [2.05, 4.69) is 21.9 Å². The quantitative estimate of drug-likeness (QED) is 0.767. The van der Waals surface area contributed by atoms with Gasteiger partial charge in [-0.1, -0.05) is 17.9 Å². The van der Waals surface area contributed by atoms with Crippen molar-refractivity contribution in [3.63, 3.8) is 0 Å². The van der Waals surface area contributed by atoms with E-state index in [1.165, 1.54) is 7.11 Å². The lowest BCUT2D eigenvalue weighted by Gasteiger charge is -2.07. The molecule has 1 aromatic carbocycles. The maximum atomic E-state index is 11.1. The molecule has 17 heavy (non-hydrogen) atoms. The van der Waals surface area contributed by atoms with Crippen molar-refractivity contribution in [3.05, 3.63) is 29.3 Å². The maximum Gasteiger partial charge on any atom is 0.411 e. The van der Waals surface area contributed by atoms with E-state index in [1.807, 2.05) is 19.1 Å². The smallest absolute Gasteiger partial charge is 0.411 e. The van der Waals surface area contributed by atoms with Gasteiger partial charge in [0, 0.05) is 17.7 Å². The topological polar surface area (TPSA) is 58.6 Å². The molecular weight excluding hydrogens is 218 g/mol. The molecule has 1 rings (SSSR count). The third-order valence-corrected chi connectivity index (χ3v) is 2.13. The van der Waals surface area contributed by atoms with Crippen LogP contribution in [0.1, 0.15) is 17.5 Å². The van der Waals surface area contributed by atoms with Crippen LogP contribution in [0, 0.1) is 18.8 Å². The zero-order chi connectivity index (χ0) is 12.7. The summed E-state index contributed by atoms with van der Waals surface area (Å²) in [5.74, 6) is 5.72. The minimum absolute atomic E-state index is 0.0477. The van der Waals surface area contributed by atoms with Crippen LogP contribution in [0.5, 0.6) is 0 Å². The van der Waals surface area contributed by atoms with Gasteiger partial charge in [-0.25, -0.2) is 4.79 Å². The molecule has 2 N–H and O–H groups in total. The summed E-state index contributed by atoms with van der Waals surface area (Å²) in [7, 11) is 1.32. The fraction of sp³-hybridized carbons (Fsp3) is 0.308. The number of carbonyl (C=O) groups excluding carboxylic acids is 1. The van der Waals surface area contributed by atoms with Gasteiger partial charge in [-0.2, -0.15) is 0 Å². The third-order valence-electron chi connectivity index (χ3n) is 2.13. The van der Waals surface area contributed by atoms with Gasteiger partial charge in [0.2, 0.25) is 0 Å². The number of anilines is 1. The van der Waals surface area contributed by atoms with Crippen molar-refractivity contribution in [1.29, 1.82) is 0 Å². The summed E-state index contributed by atoms with van der Waals surface area (Å²) in [5, 5.41) is 11.2. The zero-order valence-corrected chi connectivity index (χ0v) is 9.91. The molecule has 0 unspecified atom stereocenters. The summed E-state index contributed by atoms with van der Waals surface area (Å²) < 4.78 is 4.53. The summed E-state index contributed by atoms with van der Waals surface area (Å²) in [6, 6.07) is 5.51. The first kappa shape index (κ1) is 13.1. The summed E-state index contributed by atoms with van der Waals surface area (Å²) in [6.07, 6.45) is -0.0678. The highest BCUT2D eigenvalue weighted by Crippen LogP contribution is 2.16. The van der Waals surface area contributed by atoms with E-state index in [4.69, 9.17) is 5.11 Å². The summed E-state index contributed by atoms with van der Waals surface area (Å²) in [6.45, 7) is 1.93. The Kier molecular flexibility index (Phi) is 5.05. The van der Waals surface area contributed by atoms with Crippen molar-refractivity contribution in [1.82, 2.24) is 0 Å². The van der Waals surface area contributed by atoms with Gasteiger partial charge in [-0.15, -0.1) is 0 Å². The van der Waals surface area contributed by atoms with Gasteiger partial charge in [-0.05, 0) is 24.6 Å². The number of methoxy groups -OCH3 is 1. The van der Waals surface area contributed by atoms with Crippen LogP contribution in [0.25, 0.3) is 0 Å². The lowest BCUT2D eigenvalue weighted by atomic mass is 10.1. The largest absolute Gasteiger partial charge is 0.453 e. The average Bonchev–Trinajstić information content (AvgIpc) is 2.33. The normalized spacial score (nSPS) is 9.12. The molecule has 0 saturated heterocycles. The van der Waals surface area contributed by atoms with Gasteiger partial charge in [0.15, 0.2) is 0 Å². The predicted octanol–water partition coefficient (Wildman–Crippen LogP) is 1.91. The number of benzene rings is 1. The van der Waals surface area contributed by atoms with Crippen molar-refractivity contribution < 1.29 is 14.6 Å². The predicted molar refractivity (Wildman–Crippen MR) is 65.8 cm³/mol. The highest BCUT2D eigenvalue weighted by atomic mass is 16.5. The molecule has 0 bridgehead atoms. The molecule has 0 aliphatic rings. The standard InChI is InChI=1S/C13H15NO3/c1-10-6-7-11(5-3-4-8-15)9-12(10)14-13(16)17-2/h6-7,9,15H,4,8H2,1-2H3,(H,14,16). The molecule has 1 amide bonds. The molecule has 0 radical (unpaired) electrons. The Bertz CT molecular complexity index is 457. The molecule has 4 heteroatoms. The zero-order valence-electron chi connectivity index (χ0n) is 9.91. The van der Waals surface area contributed by atoms with Crippen molar-refractivity contribution in [3.8, 4) is 11.8 Å². The highest BCUT2D eigenvalue weighted by Gasteiger charge is 2.03. The monoisotopic (exact) mass is 233 g/mol. The average molecular weight is 233 g/mol. The molecule has 0 fully saturated rings. The van der Waals surface area contributed by atoms with Crippen molar-refractivity contribution in [2.24, 2.45) is 0 Å². The molecule has 0 saturated carbocycles.